The van der Waals surface area contributed by atoms with E-state index in [-0.39, 0.29) is 51.0 Å². The molecule has 2 aromatic carbocycles. The number of aromatic hydroxyl groups is 2. The number of aliphatic imine (C=N–C) groups is 2. The summed E-state index contributed by atoms with van der Waals surface area (Å²) in [7, 11) is 0. The second-order valence-corrected chi connectivity index (χ2v) is 17.6. The first-order valence-electron chi connectivity index (χ1n) is 18.8. The second kappa shape index (κ2) is 18.5. The Kier molecular flexibility index (Phi) is 16.3. The van der Waals surface area contributed by atoms with Crippen LogP contribution in [0.3, 0.4) is 0 Å². The number of ether oxygens (including phenoxy) is 2. The fourth-order valence-corrected chi connectivity index (χ4v) is 5.81. The topological polar surface area (TPSA) is 90.2 Å². The summed E-state index contributed by atoms with van der Waals surface area (Å²) in [5.41, 5.74) is 5.63. The average molecular weight is 736 g/mol. The van der Waals surface area contributed by atoms with E-state index in [0.717, 1.165) is 61.2 Å². The van der Waals surface area contributed by atoms with Gasteiger partial charge in [-0.05, 0) is 76.7 Å². The Morgan fingerprint density at radius 3 is 1.40 bits per heavy atom. The van der Waals surface area contributed by atoms with Crippen LogP contribution in [0.5, 0.6) is 11.5 Å². The molecule has 7 heteroatoms. The first kappa shape index (κ1) is 44.0. The van der Waals surface area contributed by atoms with Gasteiger partial charge in [0.15, 0.2) is 0 Å². The molecular formula is C43H68CoN2O4. The molecule has 0 bridgehead atoms. The standard InChI is InChI=1S/C35H52N2O2.2C4H8O.Co/c1-22(2)27-18-25(33(3,4)5)16-23(31(27)38)20-36-29-14-12-13-15-30(29)37-21-24-17-26(34(6,7)8)19-28(32(24)39)35(9,10)11;2*1-2-4-3-5-4;/h16-22,29-30,38-39H,12-15H2,1-11H3;2*4H,2-3H2,1H3;/t29-,30-;4-;;/m11../s1. The van der Waals surface area contributed by atoms with Crippen LogP contribution < -0.4 is 0 Å². The van der Waals surface area contributed by atoms with Crippen LogP contribution in [0.25, 0.3) is 0 Å². The number of hydrogen-bond acceptors (Lipinski definition) is 6. The summed E-state index contributed by atoms with van der Waals surface area (Å²) in [6.45, 7) is 30.1. The Hall–Kier alpha value is -2.19. The van der Waals surface area contributed by atoms with Gasteiger partial charge < -0.3 is 19.7 Å². The third-order valence-corrected chi connectivity index (χ3v) is 9.69. The molecule has 1 aliphatic carbocycles. The zero-order valence-corrected chi connectivity index (χ0v) is 34.5. The SMILES string of the molecule is CC(C)c1cc(C(C)(C)C)cc(C=N[C@@H]2CCCC[C@H]2N=Cc2cc(C(C)(C)C)cc(C(C)(C)C)c2O)c1O.CCC1CO1.CC[C@@H]1CO1.[Co]. The van der Waals surface area contributed by atoms with Crippen molar-refractivity contribution in [3.05, 3.63) is 57.6 Å². The molecule has 2 aromatic rings. The van der Waals surface area contributed by atoms with E-state index in [2.05, 4.69) is 114 Å². The van der Waals surface area contributed by atoms with E-state index in [1.54, 1.807) is 0 Å². The number of hydrogen-bond donors (Lipinski definition) is 2. The fourth-order valence-electron chi connectivity index (χ4n) is 5.81. The molecule has 1 unspecified atom stereocenters. The first-order valence-corrected chi connectivity index (χ1v) is 18.8. The normalized spacial score (nSPS) is 22.0. The maximum Gasteiger partial charge on any atom is 0.128 e. The first-order chi connectivity index (χ1) is 22.8. The molecule has 3 fully saturated rings. The number of phenolic OH excluding ortho intramolecular Hbond substituents is 2. The van der Waals surface area contributed by atoms with Gasteiger partial charge in [0.1, 0.15) is 11.5 Å². The van der Waals surface area contributed by atoms with Crippen molar-refractivity contribution >= 4 is 12.4 Å². The molecule has 0 amide bonds. The van der Waals surface area contributed by atoms with E-state index in [9.17, 15) is 10.2 Å². The molecule has 2 heterocycles. The van der Waals surface area contributed by atoms with Crippen molar-refractivity contribution in [3.8, 4) is 11.5 Å². The molecule has 0 aromatic heterocycles. The van der Waals surface area contributed by atoms with Crippen molar-refractivity contribution in [2.45, 2.75) is 175 Å². The van der Waals surface area contributed by atoms with Crippen LogP contribution in [0.15, 0.2) is 34.3 Å². The zero-order chi connectivity index (χ0) is 36.7. The summed E-state index contributed by atoms with van der Waals surface area (Å²) < 4.78 is 9.72. The van der Waals surface area contributed by atoms with Gasteiger partial charge in [0, 0.05) is 45.9 Å². The molecule has 6 nitrogen and oxygen atoms in total. The van der Waals surface area contributed by atoms with Crippen LogP contribution in [0.2, 0.25) is 0 Å². The monoisotopic (exact) mass is 735 g/mol. The van der Waals surface area contributed by atoms with E-state index >= 15 is 0 Å². The smallest absolute Gasteiger partial charge is 0.128 e. The maximum atomic E-state index is 11.2. The fraction of sp³-hybridized carbons (Fsp3) is 0.674. The zero-order valence-electron chi connectivity index (χ0n) is 33.4. The Bertz CT molecular complexity index is 1410. The number of rotatable bonds is 7. The van der Waals surface area contributed by atoms with E-state index in [0.29, 0.717) is 23.7 Å². The minimum Gasteiger partial charge on any atom is -0.507 e. The Morgan fingerprint density at radius 1 is 0.680 bits per heavy atom. The van der Waals surface area contributed by atoms with Crippen molar-refractivity contribution in [2.24, 2.45) is 9.98 Å². The molecule has 2 aliphatic heterocycles. The predicted octanol–water partition coefficient (Wildman–Crippen LogP) is 10.6. The van der Waals surface area contributed by atoms with Gasteiger partial charge in [0.25, 0.3) is 0 Å². The van der Waals surface area contributed by atoms with E-state index in [4.69, 9.17) is 19.5 Å². The van der Waals surface area contributed by atoms with Crippen LogP contribution in [0, 0.1) is 0 Å². The van der Waals surface area contributed by atoms with Crippen LogP contribution in [-0.2, 0) is 42.5 Å². The van der Waals surface area contributed by atoms with Crippen molar-refractivity contribution in [1.29, 1.82) is 0 Å². The van der Waals surface area contributed by atoms with Gasteiger partial charge in [-0.3, -0.25) is 9.98 Å². The summed E-state index contributed by atoms with van der Waals surface area (Å²) in [5, 5.41) is 22.3. The summed E-state index contributed by atoms with van der Waals surface area (Å²) in [4.78, 5) is 10.0. The molecule has 5 rings (SSSR count). The molecule has 283 valence electrons. The van der Waals surface area contributed by atoms with Gasteiger partial charge in [-0.15, -0.1) is 0 Å². The van der Waals surface area contributed by atoms with Crippen LogP contribution in [0.4, 0.5) is 0 Å². The molecule has 2 N–H and O–H groups in total. The molecule has 3 aliphatic rings. The Labute approximate surface area is 315 Å². The van der Waals surface area contributed by atoms with Gasteiger partial charge >= 0.3 is 0 Å². The van der Waals surface area contributed by atoms with E-state index < -0.39 is 0 Å². The summed E-state index contributed by atoms with van der Waals surface area (Å²) in [6.07, 6.45) is 11.6. The number of epoxide rings is 2. The van der Waals surface area contributed by atoms with E-state index in [1.807, 2.05) is 12.4 Å². The van der Waals surface area contributed by atoms with Crippen LogP contribution in [-0.4, -0.2) is 60.1 Å². The summed E-state index contributed by atoms with van der Waals surface area (Å²) >= 11 is 0. The van der Waals surface area contributed by atoms with Crippen molar-refractivity contribution in [1.82, 2.24) is 0 Å². The minimum absolute atomic E-state index is 0. The molecule has 1 saturated carbocycles. The number of nitrogens with zero attached hydrogens (tertiary/aromatic N) is 2. The van der Waals surface area contributed by atoms with Crippen molar-refractivity contribution < 1.29 is 36.5 Å². The van der Waals surface area contributed by atoms with Crippen LogP contribution in [0.1, 0.15) is 168 Å². The van der Waals surface area contributed by atoms with Gasteiger partial charge in [-0.1, -0.05) is 115 Å². The second-order valence-electron chi connectivity index (χ2n) is 17.6. The largest absolute Gasteiger partial charge is 0.507 e. The van der Waals surface area contributed by atoms with Gasteiger partial charge in [0.05, 0.1) is 37.5 Å². The van der Waals surface area contributed by atoms with Gasteiger partial charge in [-0.2, -0.15) is 0 Å². The van der Waals surface area contributed by atoms with Gasteiger partial charge in [-0.25, -0.2) is 0 Å². The third kappa shape index (κ3) is 13.4. The van der Waals surface area contributed by atoms with E-state index in [1.165, 1.54) is 24.0 Å². The molecule has 1 radical (unpaired) electrons. The van der Waals surface area contributed by atoms with Gasteiger partial charge in [0.2, 0.25) is 0 Å². The Balaban J connectivity index is 0.000000671. The predicted molar refractivity (Wildman–Crippen MR) is 208 cm³/mol. The summed E-state index contributed by atoms with van der Waals surface area (Å²) in [6, 6.07) is 8.53. The van der Waals surface area contributed by atoms with Crippen molar-refractivity contribution in [3.63, 3.8) is 0 Å². The Morgan fingerprint density at radius 2 is 1.08 bits per heavy atom. The maximum absolute atomic E-state index is 11.2. The third-order valence-electron chi connectivity index (χ3n) is 9.69. The summed E-state index contributed by atoms with van der Waals surface area (Å²) in [5.74, 6) is 0.873. The van der Waals surface area contributed by atoms with Crippen molar-refractivity contribution in [2.75, 3.05) is 13.2 Å². The molecule has 2 saturated heterocycles. The number of benzene rings is 2. The molecule has 0 spiro atoms. The number of phenols is 2. The minimum atomic E-state index is -0.177. The molecule has 4 atom stereocenters. The van der Waals surface area contributed by atoms with Crippen LogP contribution >= 0.6 is 0 Å². The molecule has 50 heavy (non-hydrogen) atoms. The molecular weight excluding hydrogens is 667 g/mol. The average Bonchev–Trinajstić information content (AvgIpc) is 3.94. The quantitative estimate of drug-likeness (QED) is 0.219.